The van der Waals surface area contributed by atoms with Crippen molar-refractivity contribution in [2.45, 2.75) is 25.2 Å². The fourth-order valence-electron chi connectivity index (χ4n) is 4.00. The minimum atomic E-state index is -0.316. The molecular formula is C25H25ClFN3O. The number of amides is 1. The molecule has 0 saturated carbocycles. The summed E-state index contributed by atoms with van der Waals surface area (Å²) in [7, 11) is 0. The van der Waals surface area contributed by atoms with Gasteiger partial charge in [0.05, 0.1) is 6.54 Å². The fraction of sp³-hybridized carbons (Fsp3) is 0.280. The van der Waals surface area contributed by atoms with E-state index in [0.29, 0.717) is 18.2 Å². The van der Waals surface area contributed by atoms with Crippen LogP contribution in [0, 0.1) is 5.82 Å². The Morgan fingerprint density at radius 1 is 1.06 bits per heavy atom. The summed E-state index contributed by atoms with van der Waals surface area (Å²) in [5.41, 5.74) is 4.05. The number of likely N-dealkylation sites (tertiary alicyclic amines) is 1. The Balaban J connectivity index is 1.31. The van der Waals surface area contributed by atoms with Crippen molar-refractivity contribution >= 4 is 23.2 Å². The molecule has 160 valence electrons. The van der Waals surface area contributed by atoms with Crippen LogP contribution in [0.1, 0.15) is 35.6 Å². The zero-order valence-electron chi connectivity index (χ0n) is 17.2. The Kier molecular flexibility index (Phi) is 6.95. The summed E-state index contributed by atoms with van der Waals surface area (Å²) in [5.74, 6) is -0.0842. The predicted octanol–water partition coefficient (Wildman–Crippen LogP) is 5.28. The second-order valence-electron chi connectivity index (χ2n) is 8.02. The summed E-state index contributed by atoms with van der Waals surface area (Å²) >= 11 is 5.96. The zero-order valence-corrected chi connectivity index (χ0v) is 18.0. The maximum Gasteiger partial charge on any atom is 0.238 e. The Morgan fingerprint density at radius 2 is 1.81 bits per heavy atom. The van der Waals surface area contributed by atoms with Gasteiger partial charge in [0, 0.05) is 35.1 Å². The molecule has 4 nitrogen and oxygen atoms in total. The van der Waals surface area contributed by atoms with Gasteiger partial charge in [-0.3, -0.25) is 14.7 Å². The largest absolute Gasteiger partial charge is 0.325 e. The molecule has 1 aromatic heterocycles. The molecule has 0 unspecified atom stereocenters. The van der Waals surface area contributed by atoms with Crippen LogP contribution in [0.5, 0.6) is 0 Å². The predicted molar refractivity (Wildman–Crippen MR) is 122 cm³/mol. The van der Waals surface area contributed by atoms with E-state index in [2.05, 4.69) is 22.3 Å². The molecule has 2 aromatic carbocycles. The highest BCUT2D eigenvalue weighted by molar-refractivity contribution is 6.30. The minimum Gasteiger partial charge on any atom is -0.325 e. The number of anilines is 1. The SMILES string of the molecule is O=C(CN1CCC[C@H](c2ccc(Cc3ccc(Cl)cc3)cn2)C1)Nc1ccc(F)cc1. The summed E-state index contributed by atoms with van der Waals surface area (Å²) in [6, 6.07) is 17.9. The maximum atomic E-state index is 13.0. The van der Waals surface area contributed by atoms with Gasteiger partial charge in [-0.05, 0) is 79.4 Å². The smallest absolute Gasteiger partial charge is 0.238 e. The summed E-state index contributed by atoms with van der Waals surface area (Å²) in [6.07, 6.45) is 4.87. The van der Waals surface area contributed by atoms with Gasteiger partial charge in [-0.1, -0.05) is 29.8 Å². The lowest BCUT2D eigenvalue weighted by Crippen LogP contribution is -2.40. The van der Waals surface area contributed by atoms with Crippen LogP contribution in [0.3, 0.4) is 0 Å². The quantitative estimate of drug-likeness (QED) is 0.570. The van der Waals surface area contributed by atoms with Crippen molar-refractivity contribution in [1.82, 2.24) is 9.88 Å². The third-order valence-electron chi connectivity index (χ3n) is 5.59. The number of hydrogen-bond acceptors (Lipinski definition) is 3. The highest BCUT2D eigenvalue weighted by Crippen LogP contribution is 2.26. The number of nitrogens with one attached hydrogen (secondary N) is 1. The second-order valence-corrected chi connectivity index (χ2v) is 8.46. The number of carbonyl (C=O) groups excluding carboxylic acids is 1. The number of carbonyl (C=O) groups is 1. The topological polar surface area (TPSA) is 45.2 Å². The number of aromatic nitrogens is 1. The maximum absolute atomic E-state index is 13.0. The molecule has 6 heteroatoms. The fourth-order valence-corrected chi connectivity index (χ4v) is 4.12. The lowest BCUT2D eigenvalue weighted by molar-refractivity contribution is -0.117. The Labute approximate surface area is 187 Å². The van der Waals surface area contributed by atoms with Gasteiger partial charge in [-0.15, -0.1) is 0 Å². The number of halogens is 2. The molecule has 4 rings (SSSR count). The van der Waals surface area contributed by atoms with E-state index < -0.39 is 0 Å². The number of piperidine rings is 1. The molecule has 1 aliphatic heterocycles. The van der Waals surface area contributed by atoms with Crippen LogP contribution in [0.2, 0.25) is 5.02 Å². The van der Waals surface area contributed by atoms with Crippen molar-refractivity contribution in [3.8, 4) is 0 Å². The second kappa shape index (κ2) is 10.0. The summed E-state index contributed by atoms with van der Waals surface area (Å²) < 4.78 is 13.0. The van der Waals surface area contributed by atoms with Gasteiger partial charge in [-0.2, -0.15) is 0 Å². The highest BCUT2D eigenvalue weighted by atomic mass is 35.5. The van der Waals surface area contributed by atoms with E-state index in [0.717, 1.165) is 48.6 Å². The molecule has 1 atom stereocenters. The van der Waals surface area contributed by atoms with E-state index in [1.165, 1.54) is 17.7 Å². The molecular weight excluding hydrogens is 413 g/mol. The standard InChI is InChI=1S/C25H25ClFN3O/c26-21-6-3-18(4-7-21)14-19-5-12-24(28-15-19)20-2-1-13-30(16-20)17-25(31)29-23-10-8-22(27)9-11-23/h3-12,15,20H,1-2,13-14,16-17H2,(H,29,31)/t20-/m0/s1. The molecule has 1 N–H and O–H groups in total. The molecule has 1 amide bonds. The molecule has 1 saturated heterocycles. The van der Waals surface area contributed by atoms with Gasteiger partial charge in [-0.25, -0.2) is 4.39 Å². The first-order valence-corrected chi connectivity index (χ1v) is 10.9. The van der Waals surface area contributed by atoms with Gasteiger partial charge >= 0.3 is 0 Å². The molecule has 31 heavy (non-hydrogen) atoms. The average Bonchev–Trinajstić information content (AvgIpc) is 2.78. The lowest BCUT2D eigenvalue weighted by atomic mass is 9.93. The molecule has 2 heterocycles. The number of nitrogens with zero attached hydrogens (tertiary/aromatic N) is 2. The number of rotatable bonds is 6. The van der Waals surface area contributed by atoms with Crippen molar-refractivity contribution in [1.29, 1.82) is 0 Å². The molecule has 0 bridgehead atoms. The zero-order chi connectivity index (χ0) is 21.6. The van der Waals surface area contributed by atoms with E-state index in [4.69, 9.17) is 16.6 Å². The monoisotopic (exact) mass is 437 g/mol. The summed E-state index contributed by atoms with van der Waals surface area (Å²) in [6.45, 7) is 2.02. The Hall–Kier alpha value is -2.76. The third-order valence-corrected chi connectivity index (χ3v) is 5.84. The molecule has 1 aliphatic rings. The van der Waals surface area contributed by atoms with Crippen molar-refractivity contribution in [2.75, 3.05) is 25.0 Å². The van der Waals surface area contributed by atoms with Gasteiger partial charge in [0.15, 0.2) is 0 Å². The van der Waals surface area contributed by atoms with Crippen molar-refractivity contribution in [3.05, 3.63) is 94.5 Å². The van der Waals surface area contributed by atoms with Crippen LogP contribution in [-0.4, -0.2) is 35.4 Å². The van der Waals surface area contributed by atoms with E-state index in [1.54, 1.807) is 12.1 Å². The van der Waals surface area contributed by atoms with Crippen LogP contribution in [-0.2, 0) is 11.2 Å². The first kappa shape index (κ1) is 21.5. The van der Waals surface area contributed by atoms with E-state index in [-0.39, 0.29) is 11.7 Å². The molecule has 0 radical (unpaired) electrons. The molecule has 1 fully saturated rings. The van der Waals surface area contributed by atoms with Crippen molar-refractivity contribution < 1.29 is 9.18 Å². The molecule has 0 spiro atoms. The van der Waals surface area contributed by atoms with E-state index in [1.807, 2.05) is 30.5 Å². The Bertz CT molecular complexity index is 1010. The lowest BCUT2D eigenvalue weighted by Gasteiger charge is -2.32. The summed E-state index contributed by atoms with van der Waals surface area (Å²) in [4.78, 5) is 19.3. The van der Waals surface area contributed by atoms with E-state index >= 15 is 0 Å². The van der Waals surface area contributed by atoms with Gasteiger partial charge in [0.25, 0.3) is 0 Å². The van der Waals surface area contributed by atoms with Gasteiger partial charge < -0.3 is 5.32 Å². The van der Waals surface area contributed by atoms with Crippen LogP contribution in [0.25, 0.3) is 0 Å². The first-order chi connectivity index (χ1) is 15.0. The Morgan fingerprint density at radius 3 is 2.52 bits per heavy atom. The number of hydrogen-bond donors (Lipinski definition) is 1. The first-order valence-electron chi connectivity index (χ1n) is 10.5. The normalized spacial score (nSPS) is 16.8. The number of pyridine rings is 1. The average molecular weight is 438 g/mol. The molecule has 3 aromatic rings. The third kappa shape index (κ3) is 6.12. The van der Waals surface area contributed by atoms with Crippen molar-refractivity contribution in [3.63, 3.8) is 0 Å². The van der Waals surface area contributed by atoms with Crippen LogP contribution < -0.4 is 5.32 Å². The van der Waals surface area contributed by atoms with Crippen LogP contribution in [0.15, 0.2) is 66.9 Å². The highest BCUT2D eigenvalue weighted by Gasteiger charge is 2.23. The molecule has 0 aliphatic carbocycles. The van der Waals surface area contributed by atoms with Crippen molar-refractivity contribution in [2.24, 2.45) is 0 Å². The summed E-state index contributed by atoms with van der Waals surface area (Å²) in [5, 5.41) is 3.58. The van der Waals surface area contributed by atoms with Crippen LogP contribution in [0.4, 0.5) is 10.1 Å². The number of benzene rings is 2. The van der Waals surface area contributed by atoms with Gasteiger partial charge in [0.2, 0.25) is 5.91 Å². The van der Waals surface area contributed by atoms with E-state index in [9.17, 15) is 9.18 Å². The minimum absolute atomic E-state index is 0.0847. The van der Waals surface area contributed by atoms with Crippen LogP contribution >= 0.6 is 11.6 Å². The van der Waals surface area contributed by atoms with Gasteiger partial charge in [0.1, 0.15) is 5.82 Å².